The molecule has 1 aromatic rings. The highest BCUT2D eigenvalue weighted by atomic mass is 15.2. The molecule has 15 heavy (non-hydrogen) atoms. The Hall–Kier alpha value is -1.16. The summed E-state index contributed by atoms with van der Waals surface area (Å²) in [6.45, 7) is 6.74. The lowest BCUT2D eigenvalue weighted by atomic mass is 10.2. The molecule has 2 N–H and O–H groups in total. The maximum absolute atomic E-state index is 5.59. The van der Waals surface area contributed by atoms with Crippen molar-refractivity contribution in [1.29, 1.82) is 0 Å². The molecule has 0 aliphatic carbocycles. The third-order valence-corrected chi connectivity index (χ3v) is 2.67. The minimum Gasteiger partial charge on any atom is -0.341 e. The van der Waals surface area contributed by atoms with E-state index in [1.54, 1.807) is 0 Å². The second-order valence-electron chi connectivity index (χ2n) is 3.87. The van der Waals surface area contributed by atoms with Gasteiger partial charge in [0.25, 0.3) is 0 Å². The molecule has 0 aliphatic rings. The zero-order chi connectivity index (χ0) is 11.4. The molecule has 0 radical (unpaired) electrons. The lowest BCUT2D eigenvalue weighted by Gasteiger charge is -2.24. The van der Waals surface area contributed by atoms with E-state index in [0.29, 0.717) is 12.6 Å². The van der Waals surface area contributed by atoms with Crippen molar-refractivity contribution in [3.8, 4) is 0 Å². The van der Waals surface area contributed by atoms with Gasteiger partial charge in [-0.2, -0.15) is 0 Å². The molecule has 0 spiro atoms. The molecule has 1 rings (SSSR count). The fourth-order valence-corrected chi connectivity index (χ4v) is 1.35. The Morgan fingerprint density at radius 1 is 1.47 bits per heavy atom. The molecule has 84 valence electrons. The quantitative estimate of drug-likeness (QED) is 0.814. The average Bonchev–Trinajstić information content (AvgIpc) is 2.26. The van der Waals surface area contributed by atoms with Crippen LogP contribution in [0.3, 0.4) is 0 Å². The maximum Gasteiger partial charge on any atom is 0.225 e. The van der Waals surface area contributed by atoms with Gasteiger partial charge in [-0.25, -0.2) is 9.97 Å². The number of hydrogen-bond donors (Lipinski definition) is 1. The molecule has 0 aliphatic heterocycles. The number of anilines is 1. The highest BCUT2D eigenvalue weighted by Gasteiger charge is 2.11. The van der Waals surface area contributed by atoms with Crippen molar-refractivity contribution in [2.75, 3.05) is 11.9 Å². The molecule has 0 bridgehead atoms. The Bertz CT molecular complexity index is 324. The number of rotatable bonds is 4. The molecule has 0 saturated carbocycles. The molecule has 1 aromatic heterocycles. The standard InChI is InChI=1S/C11H20N4/c1-5-9(3)15(4)11-13-8(2)6-10(7-12)14-11/h6,9H,5,7,12H2,1-4H3. The molecule has 1 unspecified atom stereocenters. The van der Waals surface area contributed by atoms with Crippen LogP contribution in [0.2, 0.25) is 0 Å². The Labute approximate surface area is 91.5 Å². The minimum atomic E-state index is 0.442. The van der Waals surface area contributed by atoms with Crippen LogP contribution in [0.25, 0.3) is 0 Å². The predicted molar refractivity (Wildman–Crippen MR) is 62.8 cm³/mol. The molecule has 0 aromatic carbocycles. The normalized spacial score (nSPS) is 12.6. The number of hydrogen-bond acceptors (Lipinski definition) is 4. The fourth-order valence-electron chi connectivity index (χ4n) is 1.35. The van der Waals surface area contributed by atoms with Gasteiger partial charge >= 0.3 is 0 Å². The van der Waals surface area contributed by atoms with E-state index >= 15 is 0 Å². The third-order valence-electron chi connectivity index (χ3n) is 2.67. The summed E-state index contributed by atoms with van der Waals surface area (Å²) in [5.74, 6) is 0.768. The van der Waals surface area contributed by atoms with Gasteiger partial charge in [-0.1, -0.05) is 6.92 Å². The van der Waals surface area contributed by atoms with E-state index in [1.807, 2.05) is 20.0 Å². The van der Waals surface area contributed by atoms with E-state index in [1.165, 1.54) is 0 Å². The number of aryl methyl sites for hydroxylation is 1. The smallest absolute Gasteiger partial charge is 0.225 e. The Morgan fingerprint density at radius 3 is 2.67 bits per heavy atom. The van der Waals surface area contributed by atoms with Crippen molar-refractivity contribution in [3.05, 3.63) is 17.5 Å². The average molecular weight is 208 g/mol. The first-order valence-electron chi connectivity index (χ1n) is 5.36. The van der Waals surface area contributed by atoms with Crippen molar-refractivity contribution < 1.29 is 0 Å². The van der Waals surface area contributed by atoms with E-state index < -0.39 is 0 Å². The van der Waals surface area contributed by atoms with E-state index in [9.17, 15) is 0 Å². The monoisotopic (exact) mass is 208 g/mol. The molecule has 4 heteroatoms. The fraction of sp³-hybridized carbons (Fsp3) is 0.636. The van der Waals surface area contributed by atoms with Crippen LogP contribution in [-0.2, 0) is 6.54 Å². The summed E-state index contributed by atoms with van der Waals surface area (Å²) in [5.41, 5.74) is 7.45. The molecular weight excluding hydrogens is 188 g/mol. The summed E-state index contributed by atoms with van der Waals surface area (Å²) in [7, 11) is 2.02. The lowest BCUT2D eigenvalue weighted by Crippen LogP contribution is -2.30. The van der Waals surface area contributed by atoms with E-state index in [0.717, 1.165) is 23.8 Å². The van der Waals surface area contributed by atoms with Gasteiger partial charge in [-0.3, -0.25) is 0 Å². The summed E-state index contributed by atoms with van der Waals surface area (Å²) >= 11 is 0. The van der Waals surface area contributed by atoms with E-state index in [-0.39, 0.29) is 0 Å². The van der Waals surface area contributed by atoms with E-state index in [2.05, 4.69) is 28.7 Å². The van der Waals surface area contributed by atoms with Crippen LogP contribution < -0.4 is 10.6 Å². The maximum atomic E-state index is 5.59. The molecule has 1 heterocycles. The van der Waals surface area contributed by atoms with Gasteiger partial charge in [0.05, 0.1) is 5.69 Å². The van der Waals surface area contributed by atoms with Crippen molar-refractivity contribution in [2.24, 2.45) is 5.73 Å². The van der Waals surface area contributed by atoms with Crippen LogP contribution in [0.4, 0.5) is 5.95 Å². The van der Waals surface area contributed by atoms with Crippen LogP contribution in [0, 0.1) is 6.92 Å². The first kappa shape index (κ1) is 11.9. The Kier molecular flexibility index (Phi) is 4.03. The van der Waals surface area contributed by atoms with Crippen LogP contribution >= 0.6 is 0 Å². The zero-order valence-electron chi connectivity index (χ0n) is 9.99. The molecule has 0 saturated heterocycles. The first-order valence-corrected chi connectivity index (χ1v) is 5.36. The van der Waals surface area contributed by atoms with Crippen molar-refractivity contribution in [2.45, 2.75) is 39.8 Å². The van der Waals surface area contributed by atoms with Crippen LogP contribution in [0.15, 0.2) is 6.07 Å². The van der Waals surface area contributed by atoms with Gasteiger partial charge in [0.1, 0.15) is 0 Å². The van der Waals surface area contributed by atoms with Gasteiger partial charge < -0.3 is 10.6 Å². The van der Waals surface area contributed by atoms with E-state index in [4.69, 9.17) is 5.73 Å². The molecule has 0 amide bonds. The number of nitrogens with zero attached hydrogens (tertiary/aromatic N) is 3. The summed E-state index contributed by atoms with van der Waals surface area (Å²) in [6, 6.07) is 2.37. The summed E-state index contributed by atoms with van der Waals surface area (Å²) in [6.07, 6.45) is 1.08. The van der Waals surface area contributed by atoms with Gasteiger partial charge in [0, 0.05) is 25.3 Å². The number of nitrogens with two attached hydrogens (primary N) is 1. The van der Waals surface area contributed by atoms with Gasteiger partial charge in [-0.15, -0.1) is 0 Å². The first-order chi connectivity index (χ1) is 7.08. The van der Waals surface area contributed by atoms with Crippen LogP contribution in [0.1, 0.15) is 31.7 Å². The second-order valence-corrected chi connectivity index (χ2v) is 3.87. The van der Waals surface area contributed by atoms with Gasteiger partial charge in [0.15, 0.2) is 0 Å². The zero-order valence-corrected chi connectivity index (χ0v) is 9.99. The Morgan fingerprint density at radius 2 is 2.13 bits per heavy atom. The SMILES string of the molecule is CCC(C)N(C)c1nc(C)cc(CN)n1. The molecular formula is C11H20N4. The lowest BCUT2D eigenvalue weighted by molar-refractivity contribution is 0.645. The van der Waals surface area contributed by atoms with Crippen molar-refractivity contribution in [1.82, 2.24) is 9.97 Å². The summed E-state index contributed by atoms with van der Waals surface area (Å²) < 4.78 is 0. The van der Waals surface area contributed by atoms with Crippen LogP contribution in [0.5, 0.6) is 0 Å². The number of aromatic nitrogens is 2. The van der Waals surface area contributed by atoms with Crippen LogP contribution in [-0.4, -0.2) is 23.1 Å². The predicted octanol–water partition coefficient (Wildman–Crippen LogP) is 1.48. The molecule has 0 fully saturated rings. The minimum absolute atomic E-state index is 0.442. The molecule has 1 atom stereocenters. The summed E-state index contributed by atoms with van der Waals surface area (Å²) in [4.78, 5) is 10.9. The third kappa shape index (κ3) is 2.89. The highest BCUT2D eigenvalue weighted by molar-refractivity contribution is 5.32. The Balaban J connectivity index is 2.97. The van der Waals surface area contributed by atoms with Gasteiger partial charge in [0.2, 0.25) is 5.95 Å². The van der Waals surface area contributed by atoms with Gasteiger partial charge in [-0.05, 0) is 26.3 Å². The highest BCUT2D eigenvalue weighted by Crippen LogP contribution is 2.12. The van der Waals surface area contributed by atoms with Crippen molar-refractivity contribution in [3.63, 3.8) is 0 Å². The topological polar surface area (TPSA) is 55.0 Å². The second kappa shape index (κ2) is 5.07. The molecule has 4 nitrogen and oxygen atoms in total. The largest absolute Gasteiger partial charge is 0.341 e. The van der Waals surface area contributed by atoms with Crippen molar-refractivity contribution >= 4 is 5.95 Å². The summed E-state index contributed by atoms with van der Waals surface area (Å²) in [5, 5.41) is 0.